The van der Waals surface area contributed by atoms with Gasteiger partial charge in [0.05, 0.1) is 17.9 Å². The fourth-order valence-corrected chi connectivity index (χ4v) is 2.34. The number of hydrogen-bond donors (Lipinski definition) is 1. The molecule has 1 atom stereocenters. The quantitative estimate of drug-likeness (QED) is 0.896. The lowest BCUT2D eigenvalue weighted by atomic mass is 9.99. The van der Waals surface area contributed by atoms with Crippen LogP contribution in [0.15, 0.2) is 23.0 Å². The molecule has 0 bridgehead atoms. The fraction of sp³-hybridized carbons (Fsp3) is 0.467. The minimum absolute atomic E-state index is 0.0473. The molecule has 0 saturated carbocycles. The van der Waals surface area contributed by atoms with Gasteiger partial charge < -0.3 is 9.73 Å². The van der Waals surface area contributed by atoms with Gasteiger partial charge in [-0.1, -0.05) is 6.92 Å². The van der Waals surface area contributed by atoms with Gasteiger partial charge in [0.15, 0.2) is 0 Å². The van der Waals surface area contributed by atoms with E-state index in [1.54, 1.807) is 12.4 Å². The Morgan fingerprint density at radius 1 is 1.21 bits per heavy atom. The summed E-state index contributed by atoms with van der Waals surface area (Å²) >= 11 is 0. The van der Waals surface area contributed by atoms with E-state index >= 15 is 0 Å². The van der Waals surface area contributed by atoms with Gasteiger partial charge in [-0.05, 0) is 39.3 Å². The fourth-order valence-electron chi connectivity index (χ4n) is 2.34. The van der Waals surface area contributed by atoms with E-state index in [4.69, 9.17) is 4.42 Å². The van der Waals surface area contributed by atoms with Crippen LogP contribution in [0.4, 0.5) is 0 Å². The second-order valence-electron chi connectivity index (χ2n) is 4.77. The van der Waals surface area contributed by atoms with Crippen molar-refractivity contribution in [3.63, 3.8) is 0 Å². The number of aryl methyl sites for hydroxylation is 2. The van der Waals surface area contributed by atoms with E-state index in [2.05, 4.69) is 29.1 Å². The van der Waals surface area contributed by atoms with Gasteiger partial charge in [-0.25, -0.2) is 0 Å². The van der Waals surface area contributed by atoms with Crippen molar-refractivity contribution in [2.24, 2.45) is 0 Å². The molecule has 1 N–H and O–H groups in total. The van der Waals surface area contributed by atoms with Crippen molar-refractivity contribution >= 4 is 0 Å². The van der Waals surface area contributed by atoms with Crippen molar-refractivity contribution in [3.8, 4) is 0 Å². The summed E-state index contributed by atoms with van der Waals surface area (Å²) in [6.45, 7) is 9.19. The first kappa shape index (κ1) is 13.7. The molecule has 0 aliphatic rings. The smallest absolute Gasteiger partial charge is 0.106 e. The standard InChI is InChI=1S/C15H21N3O/c1-5-6-18-15(13-9-16-7-8-17-13)14-10(2)11(3)19-12(14)4/h7-9,15,18H,5-6H2,1-4H3. The SMILES string of the molecule is CCCNC(c1cnccn1)c1c(C)oc(C)c1C. The Morgan fingerprint density at radius 2 is 2.00 bits per heavy atom. The maximum Gasteiger partial charge on any atom is 0.106 e. The Morgan fingerprint density at radius 3 is 2.53 bits per heavy atom. The molecule has 19 heavy (non-hydrogen) atoms. The normalized spacial score (nSPS) is 12.6. The van der Waals surface area contributed by atoms with Crippen LogP contribution in [-0.4, -0.2) is 16.5 Å². The van der Waals surface area contributed by atoms with E-state index in [1.807, 2.05) is 20.0 Å². The maximum absolute atomic E-state index is 5.74. The first-order chi connectivity index (χ1) is 9.15. The lowest BCUT2D eigenvalue weighted by molar-refractivity contribution is 0.491. The highest BCUT2D eigenvalue weighted by Crippen LogP contribution is 2.30. The summed E-state index contributed by atoms with van der Waals surface area (Å²) in [5.41, 5.74) is 3.31. The second-order valence-corrected chi connectivity index (χ2v) is 4.77. The Kier molecular flexibility index (Phi) is 4.32. The summed E-state index contributed by atoms with van der Waals surface area (Å²) in [6, 6.07) is 0.0473. The molecule has 2 rings (SSSR count). The van der Waals surface area contributed by atoms with E-state index < -0.39 is 0 Å². The summed E-state index contributed by atoms with van der Waals surface area (Å²) in [7, 11) is 0. The minimum Gasteiger partial charge on any atom is -0.466 e. The van der Waals surface area contributed by atoms with Gasteiger partial charge in [-0.2, -0.15) is 0 Å². The highest BCUT2D eigenvalue weighted by molar-refractivity contribution is 5.38. The van der Waals surface area contributed by atoms with Gasteiger partial charge in [-0.3, -0.25) is 9.97 Å². The third kappa shape index (κ3) is 2.84. The lowest BCUT2D eigenvalue weighted by Gasteiger charge is -2.18. The van der Waals surface area contributed by atoms with Crippen LogP contribution < -0.4 is 5.32 Å². The summed E-state index contributed by atoms with van der Waals surface area (Å²) in [6.07, 6.45) is 6.31. The Balaban J connectivity index is 2.43. The van der Waals surface area contributed by atoms with Gasteiger partial charge in [-0.15, -0.1) is 0 Å². The van der Waals surface area contributed by atoms with E-state index in [0.29, 0.717) is 0 Å². The van der Waals surface area contributed by atoms with Crippen LogP contribution in [0.2, 0.25) is 0 Å². The third-order valence-corrected chi connectivity index (χ3v) is 3.38. The van der Waals surface area contributed by atoms with Crippen molar-refractivity contribution in [1.29, 1.82) is 0 Å². The second kappa shape index (κ2) is 5.97. The zero-order valence-corrected chi connectivity index (χ0v) is 12.0. The van der Waals surface area contributed by atoms with Crippen LogP contribution in [0.1, 0.15) is 47.7 Å². The molecular formula is C15H21N3O. The van der Waals surface area contributed by atoms with Crippen molar-refractivity contribution in [2.75, 3.05) is 6.54 Å². The molecule has 0 radical (unpaired) electrons. The minimum atomic E-state index is 0.0473. The van der Waals surface area contributed by atoms with Gasteiger partial charge in [0.2, 0.25) is 0 Å². The summed E-state index contributed by atoms with van der Waals surface area (Å²) in [5.74, 6) is 1.92. The number of hydrogen-bond acceptors (Lipinski definition) is 4. The molecule has 102 valence electrons. The average Bonchev–Trinajstić information content (AvgIpc) is 2.67. The molecule has 0 spiro atoms. The molecule has 0 aliphatic carbocycles. The molecule has 2 aromatic heterocycles. The van der Waals surface area contributed by atoms with Gasteiger partial charge >= 0.3 is 0 Å². The zero-order chi connectivity index (χ0) is 13.8. The predicted octanol–water partition coefficient (Wildman–Crippen LogP) is 3.08. The zero-order valence-electron chi connectivity index (χ0n) is 12.0. The molecule has 1 unspecified atom stereocenters. The number of nitrogens with one attached hydrogen (secondary N) is 1. The summed E-state index contributed by atoms with van der Waals surface area (Å²) < 4.78 is 5.74. The molecule has 0 aromatic carbocycles. The number of rotatable bonds is 5. The van der Waals surface area contributed by atoms with E-state index in [9.17, 15) is 0 Å². The van der Waals surface area contributed by atoms with Crippen molar-refractivity contribution in [1.82, 2.24) is 15.3 Å². The largest absolute Gasteiger partial charge is 0.466 e. The number of furan rings is 1. The summed E-state index contributed by atoms with van der Waals surface area (Å²) in [4.78, 5) is 8.61. The Bertz CT molecular complexity index is 534. The predicted molar refractivity (Wildman–Crippen MR) is 75.1 cm³/mol. The van der Waals surface area contributed by atoms with Crippen LogP contribution in [0.5, 0.6) is 0 Å². The highest BCUT2D eigenvalue weighted by atomic mass is 16.3. The van der Waals surface area contributed by atoms with E-state index in [-0.39, 0.29) is 6.04 Å². The number of aromatic nitrogens is 2. The van der Waals surface area contributed by atoms with Crippen LogP contribution >= 0.6 is 0 Å². The molecule has 0 amide bonds. The average molecular weight is 259 g/mol. The topological polar surface area (TPSA) is 51.0 Å². The Hall–Kier alpha value is -1.68. The maximum atomic E-state index is 5.74. The molecule has 0 aliphatic heterocycles. The first-order valence-electron chi connectivity index (χ1n) is 6.71. The van der Waals surface area contributed by atoms with Crippen LogP contribution in [0, 0.1) is 20.8 Å². The molecule has 0 saturated heterocycles. The molecule has 2 heterocycles. The lowest BCUT2D eigenvalue weighted by Crippen LogP contribution is -2.25. The third-order valence-electron chi connectivity index (χ3n) is 3.38. The molecule has 2 aromatic rings. The Labute approximate surface area is 114 Å². The van der Waals surface area contributed by atoms with Gasteiger partial charge in [0, 0.05) is 18.0 Å². The molecule has 0 fully saturated rings. The highest BCUT2D eigenvalue weighted by Gasteiger charge is 2.23. The van der Waals surface area contributed by atoms with Crippen LogP contribution in [-0.2, 0) is 0 Å². The van der Waals surface area contributed by atoms with Crippen LogP contribution in [0.3, 0.4) is 0 Å². The van der Waals surface area contributed by atoms with Gasteiger partial charge in [0.1, 0.15) is 11.5 Å². The molecule has 4 nitrogen and oxygen atoms in total. The monoisotopic (exact) mass is 259 g/mol. The van der Waals surface area contributed by atoms with E-state index in [1.165, 1.54) is 11.1 Å². The van der Waals surface area contributed by atoms with Crippen molar-refractivity contribution in [2.45, 2.75) is 40.2 Å². The van der Waals surface area contributed by atoms with Crippen molar-refractivity contribution in [3.05, 3.63) is 46.9 Å². The summed E-state index contributed by atoms with van der Waals surface area (Å²) in [5, 5.41) is 3.53. The van der Waals surface area contributed by atoms with E-state index in [0.717, 1.165) is 30.2 Å². The molecular weight excluding hydrogens is 238 g/mol. The van der Waals surface area contributed by atoms with Crippen LogP contribution in [0.25, 0.3) is 0 Å². The van der Waals surface area contributed by atoms with Crippen molar-refractivity contribution < 1.29 is 4.42 Å². The first-order valence-corrected chi connectivity index (χ1v) is 6.71. The van der Waals surface area contributed by atoms with Gasteiger partial charge in [0.25, 0.3) is 0 Å². The molecule has 4 heteroatoms. The number of nitrogens with zero attached hydrogens (tertiary/aromatic N) is 2.